The largest absolute Gasteiger partial charge is 0.238 e. The Morgan fingerprint density at radius 1 is 1.11 bits per heavy atom. The summed E-state index contributed by atoms with van der Waals surface area (Å²) in [5.41, 5.74) is 5.08. The fourth-order valence-corrected chi connectivity index (χ4v) is 2.30. The average Bonchev–Trinajstić information content (AvgIpc) is 2.55. The molecule has 96 valence electrons. The zero-order valence-electron chi connectivity index (χ0n) is 12.0. The van der Waals surface area contributed by atoms with E-state index in [1.165, 1.54) is 11.3 Å². The van der Waals surface area contributed by atoms with Gasteiger partial charge in [0.05, 0.1) is 11.4 Å². The molecule has 0 aliphatic heterocycles. The van der Waals surface area contributed by atoms with Crippen LogP contribution in [0.5, 0.6) is 0 Å². The monoisotopic (exact) mass is 242 g/mol. The normalized spacial score (nSPS) is 11.8. The minimum atomic E-state index is 0.313. The van der Waals surface area contributed by atoms with Crippen molar-refractivity contribution in [2.24, 2.45) is 5.41 Å². The fourth-order valence-electron chi connectivity index (χ4n) is 2.30. The van der Waals surface area contributed by atoms with Crippen LogP contribution in [0.25, 0.3) is 5.69 Å². The van der Waals surface area contributed by atoms with Crippen molar-refractivity contribution in [1.29, 1.82) is 0 Å². The number of aryl methyl sites for hydroxylation is 2. The Balaban J connectivity index is 2.36. The first kappa shape index (κ1) is 12.9. The summed E-state index contributed by atoms with van der Waals surface area (Å²) in [5.74, 6) is 0. The molecule has 0 N–H and O–H groups in total. The van der Waals surface area contributed by atoms with Crippen LogP contribution in [0, 0.1) is 19.3 Å². The predicted octanol–water partition coefficient (Wildman–Crippen LogP) is 4.08. The van der Waals surface area contributed by atoms with Crippen LogP contribution in [0.1, 0.15) is 37.7 Å². The second kappa shape index (κ2) is 4.60. The van der Waals surface area contributed by atoms with E-state index < -0.39 is 0 Å². The van der Waals surface area contributed by atoms with Crippen molar-refractivity contribution >= 4 is 0 Å². The number of hydrogen-bond donors (Lipinski definition) is 0. The maximum absolute atomic E-state index is 4.53. The van der Waals surface area contributed by atoms with Gasteiger partial charge in [0, 0.05) is 5.69 Å². The fraction of sp³-hybridized carbons (Fsp3) is 0.438. The van der Waals surface area contributed by atoms with Gasteiger partial charge in [0.25, 0.3) is 0 Å². The summed E-state index contributed by atoms with van der Waals surface area (Å²) in [6.07, 6.45) is 1.08. The highest BCUT2D eigenvalue weighted by molar-refractivity contribution is 5.37. The van der Waals surface area contributed by atoms with Gasteiger partial charge >= 0.3 is 0 Å². The van der Waals surface area contributed by atoms with Crippen LogP contribution in [0.15, 0.2) is 30.3 Å². The molecule has 1 heterocycles. The van der Waals surface area contributed by atoms with E-state index in [0.717, 1.165) is 17.8 Å². The van der Waals surface area contributed by atoms with E-state index in [-0.39, 0.29) is 0 Å². The third kappa shape index (κ3) is 3.00. The number of benzene rings is 1. The van der Waals surface area contributed by atoms with E-state index in [1.807, 2.05) is 11.6 Å². The molecule has 0 saturated carbocycles. The van der Waals surface area contributed by atoms with E-state index in [0.29, 0.717) is 5.41 Å². The summed E-state index contributed by atoms with van der Waals surface area (Å²) >= 11 is 0. The van der Waals surface area contributed by atoms with Gasteiger partial charge in [-0.25, -0.2) is 4.68 Å². The van der Waals surface area contributed by atoms with E-state index in [2.05, 4.69) is 63.1 Å². The lowest BCUT2D eigenvalue weighted by atomic mass is 9.88. The zero-order chi connectivity index (χ0) is 13.3. The van der Waals surface area contributed by atoms with Gasteiger partial charge in [-0.1, -0.05) is 32.9 Å². The Morgan fingerprint density at radius 2 is 1.83 bits per heavy atom. The van der Waals surface area contributed by atoms with Crippen molar-refractivity contribution in [1.82, 2.24) is 9.78 Å². The lowest BCUT2D eigenvalue weighted by Gasteiger charge is -2.18. The maximum atomic E-state index is 4.53. The first-order valence-corrected chi connectivity index (χ1v) is 6.48. The zero-order valence-corrected chi connectivity index (χ0v) is 12.0. The lowest BCUT2D eigenvalue weighted by molar-refractivity contribution is 0.411. The van der Waals surface area contributed by atoms with E-state index in [4.69, 9.17) is 0 Å². The summed E-state index contributed by atoms with van der Waals surface area (Å²) in [6.45, 7) is 10.9. The lowest BCUT2D eigenvalue weighted by Crippen LogP contribution is -2.09. The Labute approximate surface area is 110 Å². The van der Waals surface area contributed by atoms with Gasteiger partial charge in [-0.2, -0.15) is 5.10 Å². The summed E-state index contributed by atoms with van der Waals surface area (Å²) in [4.78, 5) is 0. The van der Waals surface area contributed by atoms with E-state index >= 15 is 0 Å². The first-order valence-electron chi connectivity index (χ1n) is 6.48. The summed E-state index contributed by atoms with van der Waals surface area (Å²) in [7, 11) is 0. The molecule has 0 amide bonds. The highest BCUT2D eigenvalue weighted by atomic mass is 15.3. The Kier molecular flexibility index (Phi) is 3.29. The van der Waals surface area contributed by atoms with Gasteiger partial charge in [0.15, 0.2) is 0 Å². The molecular formula is C16H22N2. The van der Waals surface area contributed by atoms with Crippen molar-refractivity contribution in [3.63, 3.8) is 0 Å². The first-order chi connectivity index (χ1) is 8.35. The van der Waals surface area contributed by atoms with Crippen LogP contribution in [0.4, 0.5) is 0 Å². The molecule has 0 atom stereocenters. The quantitative estimate of drug-likeness (QED) is 0.776. The van der Waals surface area contributed by atoms with Crippen LogP contribution in [-0.4, -0.2) is 9.78 Å². The second-order valence-electron chi connectivity index (χ2n) is 6.25. The molecular weight excluding hydrogens is 220 g/mol. The standard InChI is InChI=1S/C16H22N2/c1-12-9-13(2)18(17-12)15-8-6-7-14(10-15)11-16(3,4)5/h6-10H,11H2,1-5H3. The van der Waals surface area contributed by atoms with Crippen molar-refractivity contribution < 1.29 is 0 Å². The summed E-state index contributed by atoms with van der Waals surface area (Å²) in [5, 5.41) is 4.53. The number of hydrogen-bond acceptors (Lipinski definition) is 1. The average molecular weight is 242 g/mol. The molecule has 1 aromatic carbocycles. The van der Waals surface area contributed by atoms with Gasteiger partial charge in [-0.15, -0.1) is 0 Å². The molecule has 2 aromatic rings. The van der Waals surface area contributed by atoms with Crippen LogP contribution in [0.2, 0.25) is 0 Å². The SMILES string of the molecule is Cc1cc(C)n(-c2cccc(CC(C)(C)C)c2)n1. The summed E-state index contributed by atoms with van der Waals surface area (Å²) < 4.78 is 2.02. The third-order valence-electron chi connectivity index (χ3n) is 2.90. The minimum absolute atomic E-state index is 0.313. The molecule has 0 saturated heterocycles. The Morgan fingerprint density at radius 3 is 2.39 bits per heavy atom. The van der Waals surface area contributed by atoms with Gasteiger partial charge in [-0.05, 0) is 49.4 Å². The van der Waals surface area contributed by atoms with E-state index in [9.17, 15) is 0 Å². The van der Waals surface area contributed by atoms with E-state index in [1.54, 1.807) is 0 Å². The molecule has 0 fully saturated rings. The molecule has 2 heteroatoms. The molecule has 2 rings (SSSR count). The smallest absolute Gasteiger partial charge is 0.0651 e. The van der Waals surface area contributed by atoms with Crippen molar-refractivity contribution in [3.8, 4) is 5.69 Å². The predicted molar refractivity (Wildman–Crippen MR) is 76.2 cm³/mol. The molecule has 0 aliphatic rings. The molecule has 1 aromatic heterocycles. The number of aromatic nitrogens is 2. The maximum Gasteiger partial charge on any atom is 0.0651 e. The molecule has 18 heavy (non-hydrogen) atoms. The molecule has 0 radical (unpaired) electrons. The number of nitrogens with zero attached hydrogens (tertiary/aromatic N) is 2. The van der Waals surface area contributed by atoms with Crippen molar-refractivity contribution in [2.75, 3.05) is 0 Å². The van der Waals surface area contributed by atoms with Crippen molar-refractivity contribution in [2.45, 2.75) is 41.0 Å². The minimum Gasteiger partial charge on any atom is -0.238 e. The van der Waals surface area contributed by atoms with Gasteiger partial charge < -0.3 is 0 Å². The third-order valence-corrected chi connectivity index (χ3v) is 2.90. The highest BCUT2D eigenvalue weighted by Gasteiger charge is 2.12. The molecule has 0 bridgehead atoms. The van der Waals surface area contributed by atoms with Crippen LogP contribution >= 0.6 is 0 Å². The second-order valence-corrected chi connectivity index (χ2v) is 6.25. The molecule has 0 unspecified atom stereocenters. The van der Waals surface area contributed by atoms with Gasteiger partial charge in [0.2, 0.25) is 0 Å². The van der Waals surface area contributed by atoms with Crippen LogP contribution in [0.3, 0.4) is 0 Å². The Bertz CT molecular complexity index is 544. The van der Waals surface area contributed by atoms with Crippen molar-refractivity contribution in [3.05, 3.63) is 47.3 Å². The van der Waals surface area contributed by atoms with Crippen LogP contribution in [-0.2, 0) is 6.42 Å². The van der Waals surface area contributed by atoms with Crippen LogP contribution < -0.4 is 0 Å². The Hall–Kier alpha value is -1.57. The highest BCUT2D eigenvalue weighted by Crippen LogP contribution is 2.22. The number of rotatable bonds is 2. The molecule has 2 nitrogen and oxygen atoms in total. The molecule has 0 aliphatic carbocycles. The summed E-state index contributed by atoms with van der Waals surface area (Å²) in [6, 6.07) is 10.8. The molecule has 0 spiro atoms. The van der Waals surface area contributed by atoms with Gasteiger partial charge in [-0.3, -0.25) is 0 Å². The van der Waals surface area contributed by atoms with Gasteiger partial charge in [0.1, 0.15) is 0 Å². The topological polar surface area (TPSA) is 17.8 Å².